The molecule has 0 unspecified atom stereocenters. The summed E-state index contributed by atoms with van der Waals surface area (Å²) >= 11 is 0. The standard InChI is InChI=1S/C7H15NO4/c1-10-4-5-12-7-6-11-3-2-8-9/h2,9H,3-7H2,1H3/b8-2+. The summed E-state index contributed by atoms with van der Waals surface area (Å²) in [6.45, 7) is 2.51. The molecule has 0 aliphatic rings. The highest BCUT2D eigenvalue weighted by atomic mass is 16.5. The summed E-state index contributed by atoms with van der Waals surface area (Å²) in [4.78, 5) is 0. The Kier molecular flexibility index (Phi) is 9.79. The highest BCUT2D eigenvalue weighted by Gasteiger charge is 1.87. The number of hydrogen-bond donors (Lipinski definition) is 1. The van der Waals surface area contributed by atoms with Crippen LogP contribution < -0.4 is 0 Å². The second-order valence-electron chi connectivity index (χ2n) is 1.98. The molecule has 0 aliphatic carbocycles. The third-order valence-electron chi connectivity index (χ3n) is 1.08. The summed E-state index contributed by atoms with van der Waals surface area (Å²) in [5.74, 6) is 0. The van der Waals surface area contributed by atoms with E-state index in [9.17, 15) is 0 Å². The molecular formula is C7H15NO4. The number of methoxy groups -OCH3 is 1. The van der Waals surface area contributed by atoms with Crippen molar-refractivity contribution in [2.45, 2.75) is 0 Å². The first-order valence-corrected chi connectivity index (χ1v) is 3.72. The first-order valence-electron chi connectivity index (χ1n) is 3.72. The van der Waals surface area contributed by atoms with Gasteiger partial charge < -0.3 is 19.4 Å². The van der Waals surface area contributed by atoms with Crippen LogP contribution in [0.3, 0.4) is 0 Å². The molecule has 0 radical (unpaired) electrons. The maximum Gasteiger partial charge on any atom is 0.0853 e. The van der Waals surface area contributed by atoms with E-state index in [1.165, 1.54) is 6.21 Å². The van der Waals surface area contributed by atoms with Gasteiger partial charge in [-0.15, -0.1) is 0 Å². The molecule has 0 aromatic carbocycles. The largest absolute Gasteiger partial charge is 0.411 e. The zero-order valence-electron chi connectivity index (χ0n) is 7.23. The molecular weight excluding hydrogens is 162 g/mol. The lowest BCUT2D eigenvalue weighted by Crippen LogP contribution is -2.09. The molecule has 12 heavy (non-hydrogen) atoms. The minimum absolute atomic E-state index is 0.310. The van der Waals surface area contributed by atoms with E-state index in [1.807, 2.05) is 0 Å². The second-order valence-corrected chi connectivity index (χ2v) is 1.98. The van der Waals surface area contributed by atoms with Crippen LogP contribution in [0.15, 0.2) is 5.16 Å². The molecule has 0 rings (SSSR count). The van der Waals surface area contributed by atoms with Crippen molar-refractivity contribution in [3.05, 3.63) is 0 Å². The minimum atomic E-state index is 0.310. The predicted molar refractivity (Wildman–Crippen MR) is 43.8 cm³/mol. The molecule has 0 aromatic rings. The Morgan fingerprint density at radius 3 is 2.50 bits per heavy atom. The molecule has 0 spiro atoms. The van der Waals surface area contributed by atoms with E-state index in [0.29, 0.717) is 33.0 Å². The monoisotopic (exact) mass is 177 g/mol. The zero-order chi connectivity index (χ0) is 9.07. The molecule has 0 heterocycles. The molecule has 0 aromatic heterocycles. The van der Waals surface area contributed by atoms with E-state index in [1.54, 1.807) is 7.11 Å². The van der Waals surface area contributed by atoms with Crippen LogP contribution in [0.25, 0.3) is 0 Å². The van der Waals surface area contributed by atoms with Crippen LogP contribution in [0.2, 0.25) is 0 Å². The topological polar surface area (TPSA) is 60.3 Å². The van der Waals surface area contributed by atoms with Crippen LogP contribution in [-0.4, -0.2) is 51.6 Å². The molecule has 0 amide bonds. The summed E-state index contributed by atoms with van der Waals surface area (Å²) in [6, 6.07) is 0. The van der Waals surface area contributed by atoms with Crippen LogP contribution in [0.1, 0.15) is 0 Å². The number of nitrogens with zero attached hydrogens (tertiary/aromatic N) is 1. The van der Waals surface area contributed by atoms with Crippen LogP contribution in [0, 0.1) is 0 Å². The van der Waals surface area contributed by atoms with Gasteiger partial charge in [0, 0.05) is 7.11 Å². The van der Waals surface area contributed by atoms with Crippen molar-refractivity contribution in [3.63, 3.8) is 0 Å². The first kappa shape index (κ1) is 11.4. The van der Waals surface area contributed by atoms with Gasteiger partial charge in [0.05, 0.1) is 39.2 Å². The highest BCUT2D eigenvalue weighted by Crippen LogP contribution is 1.78. The van der Waals surface area contributed by atoms with Gasteiger partial charge in [0.15, 0.2) is 0 Å². The van der Waals surface area contributed by atoms with Gasteiger partial charge in [0.2, 0.25) is 0 Å². The summed E-state index contributed by atoms with van der Waals surface area (Å²) < 4.78 is 14.8. The molecule has 5 nitrogen and oxygen atoms in total. The molecule has 0 atom stereocenters. The van der Waals surface area contributed by atoms with Crippen molar-refractivity contribution < 1.29 is 19.4 Å². The van der Waals surface area contributed by atoms with Crippen molar-refractivity contribution in [2.75, 3.05) is 40.1 Å². The fourth-order valence-corrected chi connectivity index (χ4v) is 0.532. The lowest BCUT2D eigenvalue weighted by molar-refractivity contribution is 0.0336. The van der Waals surface area contributed by atoms with Crippen LogP contribution >= 0.6 is 0 Å². The van der Waals surface area contributed by atoms with Gasteiger partial charge in [-0.05, 0) is 0 Å². The number of hydrogen-bond acceptors (Lipinski definition) is 5. The van der Waals surface area contributed by atoms with Crippen molar-refractivity contribution in [2.24, 2.45) is 5.16 Å². The Morgan fingerprint density at radius 1 is 1.17 bits per heavy atom. The van der Waals surface area contributed by atoms with Crippen molar-refractivity contribution in [3.8, 4) is 0 Å². The highest BCUT2D eigenvalue weighted by molar-refractivity contribution is 5.57. The lowest BCUT2D eigenvalue weighted by Gasteiger charge is -2.02. The Balaban J connectivity index is 2.81. The number of ether oxygens (including phenoxy) is 3. The van der Waals surface area contributed by atoms with Crippen LogP contribution in [-0.2, 0) is 14.2 Å². The fourth-order valence-electron chi connectivity index (χ4n) is 0.532. The Morgan fingerprint density at radius 2 is 1.83 bits per heavy atom. The molecule has 0 fully saturated rings. The van der Waals surface area contributed by atoms with E-state index < -0.39 is 0 Å². The first-order chi connectivity index (χ1) is 5.91. The molecule has 1 N–H and O–H groups in total. The van der Waals surface area contributed by atoms with Crippen molar-refractivity contribution in [1.29, 1.82) is 0 Å². The summed E-state index contributed by atoms with van der Waals surface area (Å²) in [6.07, 6.45) is 1.27. The molecule has 5 heteroatoms. The Bertz CT molecular complexity index is 108. The van der Waals surface area contributed by atoms with Gasteiger partial charge in [-0.25, -0.2) is 0 Å². The quantitative estimate of drug-likeness (QED) is 0.248. The van der Waals surface area contributed by atoms with Gasteiger partial charge >= 0.3 is 0 Å². The van der Waals surface area contributed by atoms with Crippen molar-refractivity contribution >= 4 is 6.21 Å². The lowest BCUT2D eigenvalue weighted by atomic mass is 10.7. The summed E-state index contributed by atoms with van der Waals surface area (Å²) in [5, 5.41) is 10.8. The van der Waals surface area contributed by atoms with E-state index in [-0.39, 0.29) is 0 Å². The third-order valence-corrected chi connectivity index (χ3v) is 1.08. The average molecular weight is 177 g/mol. The number of rotatable bonds is 8. The van der Waals surface area contributed by atoms with Crippen LogP contribution in [0.5, 0.6) is 0 Å². The van der Waals surface area contributed by atoms with E-state index >= 15 is 0 Å². The maximum atomic E-state index is 7.98. The van der Waals surface area contributed by atoms with Gasteiger partial charge in [0.25, 0.3) is 0 Å². The normalized spacial score (nSPS) is 11.1. The molecule has 0 saturated carbocycles. The molecule has 0 saturated heterocycles. The van der Waals surface area contributed by atoms with Gasteiger partial charge in [-0.2, -0.15) is 0 Å². The third kappa shape index (κ3) is 9.35. The SMILES string of the molecule is COCCOCCOC/C=N/O. The molecule has 72 valence electrons. The van der Waals surface area contributed by atoms with Gasteiger partial charge in [-0.3, -0.25) is 0 Å². The van der Waals surface area contributed by atoms with E-state index in [0.717, 1.165) is 0 Å². The molecule has 0 aliphatic heterocycles. The minimum Gasteiger partial charge on any atom is -0.411 e. The predicted octanol–water partition coefficient (Wildman–Crippen LogP) is 0.126. The summed E-state index contributed by atoms with van der Waals surface area (Å²) in [5.41, 5.74) is 0. The average Bonchev–Trinajstić information content (AvgIpc) is 2.10. The Labute approximate surface area is 71.9 Å². The zero-order valence-corrected chi connectivity index (χ0v) is 7.23. The van der Waals surface area contributed by atoms with Crippen LogP contribution in [0.4, 0.5) is 0 Å². The van der Waals surface area contributed by atoms with E-state index in [4.69, 9.17) is 19.4 Å². The summed E-state index contributed by atoms with van der Waals surface area (Å²) in [7, 11) is 1.62. The second kappa shape index (κ2) is 10.3. The van der Waals surface area contributed by atoms with Gasteiger partial charge in [0.1, 0.15) is 0 Å². The fraction of sp³-hybridized carbons (Fsp3) is 0.857. The maximum absolute atomic E-state index is 7.98. The smallest absolute Gasteiger partial charge is 0.0853 e. The number of oxime groups is 1. The molecule has 0 bridgehead atoms. The Hall–Kier alpha value is -0.650. The van der Waals surface area contributed by atoms with Crippen molar-refractivity contribution in [1.82, 2.24) is 0 Å². The van der Waals surface area contributed by atoms with E-state index in [2.05, 4.69) is 5.16 Å². The van der Waals surface area contributed by atoms with Gasteiger partial charge in [-0.1, -0.05) is 5.16 Å².